The summed E-state index contributed by atoms with van der Waals surface area (Å²) in [7, 11) is 0. The Balaban J connectivity index is 1.78. The zero-order valence-electron chi connectivity index (χ0n) is 14.4. The van der Waals surface area contributed by atoms with Crippen molar-refractivity contribution in [1.82, 2.24) is 9.97 Å². The topological polar surface area (TPSA) is 28.7 Å². The fraction of sp³-hybridized carbons (Fsp3) is 0.286. The summed E-state index contributed by atoms with van der Waals surface area (Å²) in [4.78, 5) is 7.92. The summed E-state index contributed by atoms with van der Waals surface area (Å²) in [6, 6.07) is 16.7. The summed E-state index contributed by atoms with van der Waals surface area (Å²) in [6.07, 6.45) is 3.78. The van der Waals surface area contributed by atoms with Gasteiger partial charge in [0, 0.05) is 11.4 Å². The van der Waals surface area contributed by atoms with Crippen LogP contribution in [0.3, 0.4) is 0 Å². The molecule has 1 heterocycles. The maximum atomic E-state index is 6.05. The lowest BCUT2D eigenvalue weighted by atomic mass is 9.82. The molecule has 0 spiro atoms. The normalized spacial score (nSPS) is 11.7. The molecule has 24 heavy (non-hydrogen) atoms. The standard InChI is InChI=1S/C21H23ClN2/c1-4-21(2,3)17-10-8-16(9-11-17)19-14-23-20(24-19)13-15-6-5-7-18(22)12-15/h5-12,14H,4,13H2,1-3H3,(H,23,24). The number of imidazole rings is 1. The summed E-state index contributed by atoms with van der Waals surface area (Å²) < 4.78 is 0. The van der Waals surface area contributed by atoms with Gasteiger partial charge < -0.3 is 4.98 Å². The molecule has 3 rings (SSSR count). The fourth-order valence-electron chi connectivity index (χ4n) is 2.74. The molecule has 0 radical (unpaired) electrons. The van der Waals surface area contributed by atoms with Crippen LogP contribution in [0, 0.1) is 0 Å². The van der Waals surface area contributed by atoms with Crippen molar-refractivity contribution in [2.45, 2.75) is 39.0 Å². The minimum Gasteiger partial charge on any atom is -0.342 e. The third-order valence-electron chi connectivity index (χ3n) is 4.75. The second-order valence-corrected chi connectivity index (χ2v) is 7.30. The van der Waals surface area contributed by atoms with E-state index in [0.29, 0.717) is 0 Å². The molecule has 2 aromatic carbocycles. The van der Waals surface area contributed by atoms with Crippen LogP contribution in [0.5, 0.6) is 0 Å². The molecule has 1 aromatic heterocycles. The Bertz CT molecular complexity index is 816. The molecule has 2 nitrogen and oxygen atoms in total. The van der Waals surface area contributed by atoms with Crippen molar-refractivity contribution in [3.63, 3.8) is 0 Å². The third-order valence-corrected chi connectivity index (χ3v) is 4.99. The number of benzene rings is 2. The number of hydrogen-bond donors (Lipinski definition) is 1. The van der Waals surface area contributed by atoms with Crippen LogP contribution in [0.1, 0.15) is 44.1 Å². The van der Waals surface area contributed by atoms with Crippen molar-refractivity contribution in [2.75, 3.05) is 0 Å². The second kappa shape index (κ2) is 6.82. The second-order valence-electron chi connectivity index (χ2n) is 6.87. The monoisotopic (exact) mass is 338 g/mol. The number of halogens is 1. The highest BCUT2D eigenvalue weighted by Crippen LogP contribution is 2.28. The van der Waals surface area contributed by atoms with Gasteiger partial charge in [0.15, 0.2) is 0 Å². The highest BCUT2D eigenvalue weighted by molar-refractivity contribution is 6.30. The average Bonchev–Trinajstić information content (AvgIpc) is 3.03. The molecular weight excluding hydrogens is 316 g/mol. The number of hydrogen-bond acceptors (Lipinski definition) is 1. The molecule has 0 bridgehead atoms. The van der Waals surface area contributed by atoms with Crippen LogP contribution >= 0.6 is 11.6 Å². The van der Waals surface area contributed by atoms with E-state index in [0.717, 1.165) is 40.5 Å². The molecule has 0 aliphatic rings. The molecule has 0 saturated heterocycles. The molecule has 1 N–H and O–H groups in total. The van der Waals surface area contributed by atoms with E-state index in [4.69, 9.17) is 11.6 Å². The lowest BCUT2D eigenvalue weighted by molar-refractivity contribution is 0.506. The summed E-state index contributed by atoms with van der Waals surface area (Å²) in [5, 5.41) is 0.758. The maximum Gasteiger partial charge on any atom is 0.110 e. The van der Waals surface area contributed by atoms with Crippen LogP contribution < -0.4 is 0 Å². The van der Waals surface area contributed by atoms with Gasteiger partial charge in [-0.2, -0.15) is 0 Å². The summed E-state index contributed by atoms with van der Waals surface area (Å²) in [5.74, 6) is 0.949. The Morgan fingerprint density at radius 3 is 2.50 bits per heavy atom. The van der Waals surface area contributed by atoms with Crippen molar-refractivity contribution < 1.29 is 0 Å². The first kappa shape index (κ1) is 16.8. The molecule has 3 aromatic rings. The SMILES string of the molecule is CCC(C)(C)c1ccc(-c2cnc(Cc3cccc(Cl)c3)[nH]2)cc1. The van der Waals surface area contributed by atoms with Gasteiger partial charge in [-0.1, -0.05) is 68.8 Å². The first-order valence-electron chi connectivity index (χ1n) is 8.37. The van der Waals surface area contributed by atoms with Gasteiger partial charge in [-0.25, -0.2) is 4.98 Å². The van der Waals surface area contributed by atoms with Gasteiger partial charge in [0.1, 0.15) is 5.82 Å². The van der Waals surface area contributed by atoms with Crippen molar-refractivity contribution in [3.05, 3.63) is 76.7 Å². The van der Waals surface area contributed by atoms with Gasteiger partial charge in [-0.15, -0.1) is 0 Å². The summed E-state index contributed by atoms with van der Waals surface area (Å²) in [5.41, 5.74) is 4.95. The fourth-order valence-corrected chi connectivity index (χ4v) is 2.96. The quantitative estimate of drug-likeness (QED) is 0.606. The third kappa shape index (κ3) is 3.70. The van der Waals surface area contributed by atoms with Crippen LogP contribution in [0.25, 0.3) is 11.3 Å². The lowest BCUT2D eigenvalue weighted by Gasteiger charge is -2.23. The smallest absolute Gasteiger partial charge is 0.110 e. The van der Waals surface area contributed by atoms with Crippen LogP contribution in [-0.4, -0.2) is 9.97 Å². The highest BCUT2D eigenvalue weighted by Gasteiger charge is 2.17. The van der Waals surface area contributed by atoms with E-state index in [1.807, 2.05) is 24.4 Å². The van der Waals surface area contributed by atoms with E-state index in [1.54, 1.807) is 0 Å². The number of nitrogens with zero attached hydrogens (tertiary/aromatic N) is 1. The molecule has 0 aliphatic carbocycles. The number of aromatic amines is 1. The van der Waals surface area contributed by atoms with E-state index in [9.17, 15) is 0 Å². The predicted molar refractivity (Wildman–Crippen MR) is 102 cm³/mol. The summed E-state index contributed by atoms with van der Waals surface area (Å²) in [6.45, 7) is 6.79. The van der Waals surface area contributed by atoms with E-state index >= 15 is 0 Å². The molecule has 0 saturated carbocycles. The Kier molecular flexibility index (Phi) is 4.77. The molecule has 3 heteroatoms. The maximum absolute atomic E-state index is 6.05. The number of aromatic nitrogens is 2. The van der Waals surface area contributed by atoms with E-state index in [1.165, 1.54) is 5.56 Å². The first-order valence-corrected chi connectivity index (χ1v) is 8.75. The van der Waals surface area contributed by atoms with Crippen LogP contribution in [0.15, 0.2) is 54.7 Å². The molecule has 0 atom stereocenters. The molecule has 124 valence electrons. The van der Waals surface area contributed by atoms with Gasteiger partial charge in [-0.05, 0) is 40.7 Å². The van der Waals surface area contributed by atoms with Crippen molar-refractivity contribution in [2.24, 2.45) is 0 Å². The Morgan fingerprint density at radius 1 is 1.08 bits per heavy atom. The number of H-pyrrole nitrogens is 1. The largest absolute Gasteiger partial charge is 0.342 e. The van der Waals surface area contributed by atoms with Gasteiger partial charge in [0.25, 0.3) is 0 Å². The predicted octanol–water partition coefficient (Wildman–Crippen LogP) is 6.01. The first-order chi connectivity index (χ1) is 11.5. The van der Waals surface area contributed by atoms with E-state index in [2.05, 4.69) is 61.1 Å². The van der Waals surface area contributed by atoms with Gasteiger partial charge >= 0.3 is 0 Å². The minimum absolute atomic E-state index is 0.213. The molecule has 0 aliphatic heterocycles. The van der Waals surface area contributed by atoms with E-state index in [-0.39, 0.29) is 5.41 Å². The number of rotatable bonds is 5. The van der Waals surface area contributed by atoms with Gasteiger partial charge in [0.05, 0.1) is 11.9 Å². The molecule has 0 unspecified atom stereocenters. The highest BCUT2D eigenvalue weighted by atomic mass is 35.5. The van der Waals surface area contributed by atoms with Crippen LogP contribution in [0.4, 0.5) is 0 Å². The Morgan fingerprint density at radius 2 is 1.83 bits per heavy atom. The number of nitrogens with one attached hydrogen (secondary N) is 1. The van der Waals surface area contributed by atoms with Gasteiger partial charge in [0.2, 0.25) is 0 Å². The average molecular weight is 339 g/mol. The molecular formula is C21H23ClN2. The van der Waals surface area contributed by atoms with Crippen molar-refractivity contribution in [1.29, 1.82) is 0 Å². The molecule has 0 fully saturated rings. The molecule has 0 amide bonds. The van der Waals surface area contributed by atoms with E-state index < -0.39 is 0 Å². The lowest BCUT2D eigenvalue weighted by Crippen LogP contribution is -2.14. The summed E-state index contributed by atoms with van der Waals surface area (Å²) >= 11 is 6.05. The van der Waals surface area contributed by atoms with Crippen molar-refractivity contribution in [3.8, 4) is 11.3 Å². The van der Waals surface area contributed by atoms with Crippen LogP contribution in [-0.2, 0) is 11.8 Å². The minimum atomic E-state index is 0.213. The zero-order valence-corrected chi connectivity index (χ0v) is 15.2. The Labute approximate surface area is 148 Å². The zero-order chi connectivity index (χ0) is 17.2. The van der Waals surface area contributed by atoms with Gasteiger partial charge in [-0.3, -0.25) is 0 Å². The Hall–Kier alpha value is -2.06. The van der Waals surface area contributed by atoms with Crippen LogP contribution in [0.2, 0.25) is 5.02 Å². The van der Waals surface area contributed by atoms with Crippen molar-refractivity contribution >= 4 is 11.6 Å².